The molecule has 0 spiro atoms. The highest BCUT2D eigenvalue weighted by atomic mass is 16.5. The maximum atomic E-state index is 5.75. The minimum Gasteiger partial charge on any atom is -0.494 e. The molecule has 0 bridgehead atoms. The number of ether oxygens (including phenoxy) is 1. The van der Waals surface area contributed by atoms with E-state index in [2.05, 4.69) is 57.3 Å². The van der Waals surface area contributed by atoms with Crippen molar-refractivity contribution in [1.82, 2.24) is 5.32 Å². The smallest absolute Gasteiger partial charge is 0.119 e. The molecule has 0 amide bonds. The summed E-state index contributed by atoms with van der Waals surface area (Å²) in [5.74, 6) is 1.75. The Labute approximate surface area is 118 Å². The van der Waals surface area contributed by atoms with Gasteiger partial charge in [0, 0.05) is 6.04 Å². The zero-order chi connectivity index (χ0) is 14.1. The van der Waals surface area contributed by atoms with Gasteiger partial charge in [0.2, 0.25) is 0 Å². The van der Waals surface area contributed by atoms with Crippen molar-refractivity contribution in [2.24, 2.45) is 5.92 Å². The summed E-state index contributed by atoms with van der Waals surface area (Å²) in [6, 6.07) is 9.05. The van der Waals surface area contributed by atoms with Crippen molar-refractivity contribution in [3.63, 3.8) is 0 Å². The molecule has 1 atom stereocenters. The summed E-state index contributed by atoms with van der Waals surface area (Å²) in [6.07, 6.45) is 3.44. The molecule has 1 aromatic carbocycles. The van der Waals surface area contributed by atoms with Crippen molar-refractivity contribution in [1.29, 1.82) is 0 Å². The standard InChI is InChI=1S/C17H29NO/c1-5-18-15(4)13-16-8-10-17(11-9-16)19-12-6-7-14(2)3/h8-11,14-15,18H,5-7,12-13H2,1-4H3. The Balaban J connectivity index is 2.31. The number of likely N-dealkylation sites (N-methyl/N-ethyl adjacent to an activating group) is 1. The van der Waals surface area contributed by atoms with Crippen LogP contribution in [-0.2, 0) is 6.42 Å². The third-order valence-electron chi connectivity index (χ3n) is 3.21. The summed E-state index contributed by atoms with van der Waals surface area (Å²) < 4.78 is 5.75. The first-order valence-electron chi connectivity index (χ1n) is 7.57. The molecule has 1 aromatic rings. The van der Waals surface area contributed by atoms with Gasteiger partial charge in [-0.15, -0.1) is 0 Å². The minimum absolute atomic E-state index is 0.530. The summed E-state index contributed by atoms with van der Waals surface area (Å²) in [5.41, 5.74) is 1.36. The molecular formula is C17H29NO. The predicted molar refractivity (Wildman–Crippen MR) is 82.9 cm³/mol. The SMILES string of the molecule is CCNC(C)Cc1ccc(OCCCC(C)C)cc1. The van der Waals surface area contributed by atoms with Crippen LogP contribution in [0.1, 0.15) is 46.1 Å². The van der Waals surface area contributed by atoms with E-state index in [4.69, 9.17) is 4.74 Å². The van der Waals surface area contributed by atoms with E-state index in [9.17, 15) is 0 Å². The quantitative estimate of drug-likeness (QED) is 0.679. The monoisotopic (exact) mass is 263 g/mol. The molecule has 1 unspecified atom stereocenters. The zero-order valence-corrected chi connectivity index (χ0v) is 12.9. The highest BCUT2D eigenvalue weighted by molar-refractivity contribution is 5.27. The van der Waals surface area contributed by atoms with Gasteiger partial charge in [0.05, 0.1) is 6.61 Å². The molecule has 0 heterocycles. The number of hydrogen-bond donors (Lipinski definition) is 1. The Morgan fingerprint density at radius 2 is 1.79 bits per heavy atom. The fraction of sp³-hybridized carbons (Fsp3) is 0.647. The molecule has 19 heavy (non-hydrogen) atoms. The fourth-order valence-corrected chi connectivity index (χ4v) is 2.18. The second kappa shape index (κ2) is 8.98. The van der Waals surface area contributed by atoms with Gasteiger partial charge in [-0.05, 0) is 56.3 Å². The van der Waals surface area contributed by atoms with Crippen LogP contribution in [0.2, 0.25) is 0 Å². The van der Waals surface area contributed by atoms with Crippen LogP contribution in [0, 0.1) is 5.92 Å². The molecule has 0 aliphatic heterocycles. The van der Waals surface area contributed by atoms with Crippen LogP contribution >= 0.6 is 0 Å². The lowest BCUT2D eigenvalue weighted by atomic mass is 10.1. The second-order valence-electron chi connectivity index (χ2n) is 5.69. The van der Waals surface area contributed by atoms with Gasteiger partial charge in [-0.3, -0.25) is 0 Å². The molecule has 2 heteroatoms. The van der Waals surface area contributed by atoms with Crippen LogP contribution < -0.4 is 10.1 Å². The third-order valence-corrected chi connectivity index (χ3v) is 3.21. The summed E-state index contributed by atoms with van der Waals surface area (Å²) in [4.78, 5) is 0. The molecule has 0 saturated carbocycles. The Bertz CT molecular complexity index is 332. The van der Waals surface area contributed by atoms with Crippen LogP contribution in [0.4, 0.5) is 0 Å². The van der Waals surface area contributed by atoms with E-state index in [1.165, 1.54) is 12.0 Å². The number of rotatable bonds is 9. The van der Waals surface area contributed by atoms with Crippen molar-refractivity contribution < 1.29 is 4.74 Å². The lowest BCUT2D eigenvalue weighted by Gasteiger charge is -2.13. The number of nitrogens with one attached hydrogen (secondary N) is 1. The lowest BCUT2D eigenvalue weighted by molar-refractivity contribution is 0.297. The molecule has 0 aliphatic rings. The minimum atomic E-state index is 0.530. The molecule has 0 saturated heterocycles. The average Bonchev–Trinajstić information content (AvgIpc) is 2.36. The summed E-state index contributed by atoms with van der Waals surface area (Å²) in [6.45, 7) is 10.7. The van der Waals surface area contributed by atoms with Crippen LogP contribution in [0.3, 0.4) is 0 Å². The second-order valence-corrected chi connectivity index (χ2v) is 5.69. The normalized spacial score (nSPS) is 12.7. The van der Waals surface area contributed by atoms with Gasteiger partial charge >= 0.3 is 0 Å². The predicted octanol–water partition coefficient (Wildman–Crippen LogP) is 4.04. The molecule has 0 radical (unpaired) electrons. The first-order valence-corrected chi connectivity index (χ1v) is 7.57. The number of benzene rings is 1. The Hall–Kier alpha value is -1.02. The van der Waals surface area contributed by atoms with E-state index in [1.807, 2.05) is 0 Å². The molecule has 2 nitrogen and oxygen atoms in total. The van der Waals surface area contributed by atoms with Crippen molar-refractivity contribution >= 4 is 0 Å². The molecule has 0 aliphatic carbocycles. The van der Waals surface area contributed by atoms with Crippen LogP contribution in [0.15, 0.2) is 24.3 Å². The molecule has 0 fully saturated rings. The lowest BCUT2D eigenvalue weighted by Crippen LogP contribution is -2.27. The van der Waals surface area contributed by atoms with E-state index in [0.717, 1.165) is 37.7 Å². The highest BCUT2D eigenvalue weighted by Gasteiger charge is 2.02. The van der Waals surface area contributed by atoms with Gasteiger partial charge in [-0.2, -0.15) is 0 Å². The van der Waals surface area contributed by atoms with Gasteiger partial charge in [-0.25, -0.2) is 0 Å². The largest absolute Gasteiger partial charge is 0.494 e. The summed E-state index contributed by atoms with van der Waals surface area (Å²) >= 11 is 0. The van der Waals surface area contributed by atoms with Crippen molar-refractivity contribution in [3.8, 4) is 5.75 Å². The molecular weight excluding hydrogens is 234 g/mol. The van der Waals surface area contributed by atoms with Crippen molar-refractivity contribution in [2.75, 3.05) is 13.2 Å². The topological polar surface area (TPSA) is 21.3 Å². The van der Waals surface area contributed by atoms with Gasteiger partial charge in [0.25, 0.3) is 0 Å². The van der Waals surface area contributed by atoms with E-state index < -0.39 is 0 Å². The van der Waals surface area contributed by atoms with Gasteiger partial charge < -0.3 is 10.1 Å². The maximum absolute atomic E-state index is 5.75. The van der Waals surface area contributed by atoms with E-state index in [1.54, 1.807) is 0 Å². The fourth-order valence-electron chi connectivity index (χ4n) is 2.18. The molecule has 1 rings (SSSR count). The van der Waals surface area contributed by atoms with Crippen LogP contribution in [0.25, 0.3) is 0 Å². The van der Waals surface area contributed by atoms with E-state index in [-0.39, 0.29) is 0 Å². The Morgan fingerprint density at radius 1 is 1.11 bits per heavy atom. The third kappa shape index (κ3) is 7.22. The Morgan fingerprint density at radius 3 is 2.37 bits per heavy atom. The van der Waals surface area contributed by atoms with Crippen molar-refractivity contribution in [2.45, 2.75) is 53.0 Å². The van der Waals surface area contributed by atoms with E-state index in [0.29, 0.717) is 6.04 Å². The van der Waals surface area contributed by atoms with Crippen LogP contribution in [0.5, 0.6) is 5.75 Å². The summed E-state index contributed by atoms with van der Waals surface area (Å²) in [5, 5.41) is 3.43. The molecule has 108 valence electrons. The molecule has 0 aromatic heterocycles. The van der Waals surface area contributed by atoms with Crippen molar-refractivity contribution in [3.05, 3.63) is 29.8 Å². The molecule has 1 N–H and O–H groups in total. The van der Waals surface area contributed by atoms with E-state index >= 15 is 0 Å². The Kier molecular flexibility index (Phi) is 7.57. The first-order chi connectivity index (χ1) is 9.11. The van der Waals surface area contributed by atoms with Crippen LogP contribution in [-0.4, -0.2) is 19.2 Å². The highest BCUT2D eigenvalue weighted by Crippen LogP contribution is 2.14. The summed E-state index contributed by atoms with van der Waals surface area (Å²) in [7, 11) is 0. The number of hydrogen-bond acceptors (Lipinski definition) is 2. The van der Waals surface area contributed by atoms with Gasteiger partial charge in [0.1, 0.15) is 5.75 Å². The average molecular weight is 263 g/mol. The van der Waals surface area contributed by atoms with Gasteiger partial charge in [-0.1, -0.05) is 32.9 Å². The maximum Gasteiger partial charge on any atom is 0.119 e. The van der Waals surface area contributed by atoms with Gasteiger partial charge in [0.15, 0.2) is 0 Å². The zero-order valence-electron chi connectivity index (χ0n) is 12.9. The first kappa shape index (κ1) is 16.0.